The van der Waals surface area contributed by atoms with Crippen molar-refractivity contribution in [1.82, 2.24) is 9.61 Å². The highest BCUT2D eigenvalue weighted by Crippen LogP contribution is 2.11. The molecule has 0 amide bonds. The van der Waals surface area contributed by atoms with Gasteiger partial charge in [0.25, 0.3) is 0 Å². The fourth-order valence-corrected chi connectivity index (χ4v) is 1.03. The van der Waals surface area contributed by atoms with Crippen molar-refractivity contribution in [1.29, 1.82) is 0 Å². The van der Waals surface area contributed by atoms with Crippen LogP contribution in [0.5, 0.6) is 0 Å². The number of fused-ring (bicyclic) bond motifs is 1. The Balaban J connectivity index is 2.82. The van der Waals surface area contributed by atoms with Crippen LogP contribution >= 0.6 is 0 Å². The van der Waals surface area contributed by atoms with Gasteiger partial charge in [-0.2, -0.15) is 5.10 Å². The minimum Gasteiger partial charge on any atom is -0.397 e. The molecule has 2 rings (SSSR count). The van der Waals surface area contributed by atoms with E-state index >= 15 is 0 Å². The minimum absolute atomic E-state index is 0.649. The number of nitrogen functional groups attached to an aromatic ring is 2. The van der Waals surface area contributed by atoms with Crippen molar-refractivity contribution in [3.63, 3.8) is 0 Å². The highest BCUT2D eigenvalue weighted by Gasteiger charge is 1.95. The van der Waals surface area contributed by atoms with E-state index in [-0.39, 0.29) is 0 Å². The molecular weight excluding hydrogens is 140 g/mol. The van der Waals surface area contributed by atoms with Crippen molar-refractivity contribution < 1.29 is 0 Å². The molecule has 2 aromatic rings. The van der Waals surface area contributed by atoms with E-state index in [0.717, 1.165) is 5.52 Å². The van der Waals surface area contributed by atoms with E-state index in [2.05, 4.69) is 5.10 Å². The number of aromatic nitrogens is 2. The van der Waals surface area contributed by atoms with Crippen LogP contribution < -0.4 is 11.5 Å². The number of nitrogens with two attached hydrogens (primary N) is 2. The van der Waals surface area contributed by atoms with E-state index in [1.807, 2.05) is 12.1 Å². The van der Waals surface area contributed by atoms with Gasteiger partial charge in [-0.3, -0.25) is 0 Å². The lowest BCUT2D eigenvalue weighted by molar-refractivity contribution is 0.944. The van der Waals surface area contributed by atoms with Crippen LogP contribution in [0.2, 0.25) is 0 Å². The first-order valence-electron chi connectivity index (χ1n) is 3.25. The Labute approximate surface area is 63.4 Å². The van der Waals surface area contributed by atoms with Crippen LogP contribution in [0.3, 0.4) is 0 Å². The standard InChI is InChI=1S/C7H8N4/c8-5-1-7-2-6(9)4-11(7)10-3-5/h1-4H,8-9H2. The second-order valence-corrected chi connectivity index (χ2v) is 2.43. The SMILES string of the molecule is Nc1cnn2cc(N)cc2c1. The summed E-state index contributed by atoms with van der Waals surface area (Å²) in [5.74, 6) is 0. The Morgan fingerprint density at radius 2 is 1.91 bits per heavy atom. The number of hydrogen-bond acceptors (Lipinski definition) is 3. The van der Waals surface area contributed by atoms with Crippen molar-refractivity contribution in [3.8, 4) is 0 Å². The Bertz CT molecular complexity index is 390. The Hall–Kier alpha value is -1.71. The number of rotatable bonds is 0. The molecule has 4 N–H and O–H groups in total. The third kappa shape index (κ3) is 0.881. The van der Waals surface area contributed by atoms with Crippen LogP contribution in [-0.2, 0) is 0 Å². The normalized spacial score (nSPS) is 10.5. The summed E-state index contributed by atoms with van der Waals surface area (Å²) in [7, 11) is 0. The lowest BCUT2D eigenvalue weighted by atomic mass is 10.4. The maximum atomic E-state index is 5.54. The van der Waals surface area contributed by atoms with E-state index in [0.29, 0.717) is 11.4 Å². The van der Waals surface area contributed by atoms with Gasteiger partial charge in [0, 0.05) is 0 Å². The molecule has 2 aromatic heterocycles. The lowest BCUT2D eigenvalue weighted by Gasteiger charge is -1.92. The average molecular weight is 148 g/mol. The van der Waals surface area contributed by atoms with Crippen LogP contribution in [0.1, 0.15) is 0 Å². The molecule has 0 spiro atoms. The first kappa shape index (κ1) is 6.03. The highest BCUT2D eigenvalue weighted by atomic mass is 15.2. The molecule has 0 saturated heterocycles. The maximum absolute atomic E-state index is 5.54. The summed E-state index contributed by atoms with van der Waals surface area (Å²) in [5, 5.41) is 4.01. The van der Waals surface area contributed by atoms with E-state index in [4.69, 9.17) is 11.5 Å². The zero-order valence-electron chi connectivity index (χ0n) is 5.86. The Morgan fingerprint density at radius 3 is 2.73 bits per heavy atom. The molecule has 0 aromatic carbocycles. The summed E-state index contributed by atoms with van der Waals surface area (Å²) >= 11 is 0. The third-order valence-corrected chi connectivity index (χ3v) is 1.50. The van der Waals surface area contributed by atoms with Gasteiger partial charge >= 0.3 is 0 Å². The first-order valence-corrected chi connectivity index (χ1v) is 3.25. The summed E-state index contributed by atoms with van der Waals surface area (Å²) in [6.07, 6.45) is 3.33. The van der Waals surface area contributed by atoms with Gasteiger partial charge in [-0.05, 0) is 12.1 Å². The van der Waals surface area contributed by atoms with Crippen molar-refractivity contribution in [2.24, 2.45) is 0 Å². The fourth-order valence-electron chi connectivity index (χ4n) is 1.03. The van der Waals surface area contributed by atoms with E-state index < -0.39 is 0 Å². The molecule has 56 valence electrons. The predicted molar refractivity (Wildman–Crippen MR) is 44.0 cm³/mol. The molecule has 0 bridgehead atoms. The lowest BCUT2D eigenvalue weighted by Crippen LogP contribution is -1.91. The zero-order valence-corrected chi connectivity index (χ0v) is 5.86. The number of hydrogen-bond donors (Lipinski definition) is 2. The molecule has 0 aliphatic rings. The highest BCUT2D eigenvalue weighted by molar-refractivity contribution is 5.61. The second-order valence-electron chi connectivity index (χ2n) is 2.43. The molecule has 4 nitrogen and oxygen atoms in total. The van der Waals surface area contributed by atoms with Crippen molar-refractivity contribution in [2.75, 3.05) is 11.5 Å². The average Bonchev–Trinajstić information content (AvgIpc) is 2.27. The second kappa shape index (κ2) is 1.88. The van der Waals surface area contributed by atoms with Gasteiger partial charge in [-0.25, -0.2) is 4.52 Å². The smallest absolute Gasteiger partial charge is 0.0709 e. The van der Waals surface area contributed by atoms with Crippen LogP contribution in [0.4, 0.5) is 11.4 Å². The van der Waals surface area contributed by atoms with Gasteiger partial charge in [0.2, 0.25) is 0 Å². The van der Waals surface area contributed by atoms with Gasteiger partial charge in [-0.1, -0.05) is 0 Å². The summed E-state index contributed by atoms with van der Waals surface area (Å²) in [6, 6.07) is 3.65. The fraction of sp³-hybridized carbons (Fsp3) is 0. The molecule has 11 heavy (non-hydrogen) atoms. The van der Waals surface area contributed by atoms with Crippen LogP contribution in [0.15, 0.2) is 24.5 Å². The minimum atomic E-state index is 0.649. The van der Waals surface area contributed by atoms with Gasteiger partial charge in [0.1, 0.15) is 0 Å². The molecule has 2 heterocycles. The van der Waals surface area contributed by atoms with Crippen LogP contribution in [0.25, 0.3) is 5.52 Å². The Morgan fingerprint density at radius 1 is 1.18 bits per heavy atom. The predicted octanol–water partition coefficient (Wildman–Crippen LogP) is 0.499. The molecule has 4 heteroatoms. The monoisotopic (exact) mass is 148 g/mol. The molecule has 0 unspecified atom stereocenters. The molecule has 0 aliphatic carbocycles. The van der Waals surface area contributed by atoms with Crippen molar-refractivity contribution in [2.45, 2.75) is 0 Å². The quantitative estimate of drug-likeness (QED) is 0.571. The molecule has 0 atom stereocenters. The summed E-state index contributed by atoms with van der Waals surface area (Å²) in [6.45, 7) is 0. The maximum Gasteiger partial charge on any atom is 0.0709 e. The molecule has 0 fully saturated rings. The van der Waals surface area contributed by atoms with E-state index in [9.17, 15) is 0 Å². The zero-order chi connectivity index (χ0) is 7.84. The van der Waals surface area contributed by atoms with Crippen molar-refractivity contribution >= 4 is 16.9 Å². The summed E-state index contributed by atoms with van der Waals surface area (Å²) < 4.78 is 1.69. The van der Waals surface area contributed by atoms with Gasteiger partial charge in [-0.15, -0.1) is 0 Å². The van der Waals surface area contributed by atoms with Gasteiger partial charge in [0.15, 0.2) is 0 Å². The van der Waals surface area contributed by atoms with Gasteiger partial charge in [0.05, 0.1) is 29.3 Å². The van der Waals surface area contributed by atoms with E-state index in [1.165, 1.54) is 0 Å². The summed E-state index contributed by atoms with van der Waals surface area (Å²) in [4.78, 5) is 0. The number of anilines is 2. The van der Waals surface area contributed by atoms with Crippen LogP contribution in [0, 0.1) is 0 Å². The molecule has 0 aliphatic heterocycles. The first-order chi connectivity index (χ1) is 5.25. The summed E-state index contributed by atoms with van der Waals surface area (Å²) in [5.41, 5.74) is 13.3. The Kier molecular flexibility index (Phi) is 1.03. The number of nitrogens with zero attached hydrogens (tertiary/aromatic N) is 2. The third-order valence-electron chi connectivity index (χ3n) is 1.50. The molecule has 0 saturated carbocycles. The molecular formula is C7H8N4. The van der Waals surface area contributed by atoms with Gasteiger partial charge < -0.3 is 11.5 Å². The molecule has 0 radical (unpaired) electrons. The largest absolute Gasteiger partial charge is 0.397 e. The topological polar surface area (TPSA) is 69.3 Å². The van der Waals surface area contributed by atoms with E-state index in [1.54, 1.807) is 16.9 Å². The van der Waals surface area contributed by atoms with Crippen molar-refractivity contribution in [3.05, 3.63) is 24.5 Å². The van der Waals surface area contributed by atoms with Crippen LogP contribution in [-0.4, -0.2) is 9.61 Å².